The molecule has 0 aliphatic rings. The van der Waals surface area contributed by atoms with Crippen molar-refractivity contribution in [3.05, 3.63) is 28.8 Å². The fraction of sp³-hybridized carbons (Fsp3) is 0.500. The van der Waals surface area contributed by atoms with Crippen LogP contribution in [0.3, 0.4) is 0 Å². The smallest absolute Gasteiger partial charge is 0.122 e. The first kappa shape index (κ1) is 11.4. The third kappa shape index (κ3) is 2.91. The molecule has 0 aromatic heterocycles. The second-order valence-corrected chi connectivity index (χ2v) is 3.88. The van der Waals surface area contributed by atoms with Crippen LogP contribution in [0.5, 0.6) is 5.75 Å². The van der Waals surface area contributed by atoms with Gasteiger partial charge in [-0.2, -0.15) is 0 Å². The largest absolute Gasteiger partial charge is 0.490 e. The topological polar surface area (TPSA) is 9.23 Å². The zero-order chi connectivity index (χ0) is 10.6. The van der Waals surface area contributed by atoms with Crippen LogP contribution in [0.15, 0.2) is 18.2 Å². The first-order valence-corrected chi connectivity index (χ1v) is 5.50. The van der Waals surface area contributed by atoms with Crippen LogP contribution in [0.2, 0.25) is 5.02 Å². The molecule has 0 saturated heterocycles. The highest BCUT2D eigenvalue weighted by molar-refractivity contribution is 6.30. The van der Waals surface area contributed by atoms with Gasteiger partial charge in [-0.15, -0.1) is 0 Å². The normalized spacial score (nSPS) is 12.6. The third-order valence-electron chi connectivity index (χ3n) is 2.31. The highest BCUT2D eigenvalue weighted by atomic mass is 35.5. The lowest BCUT2D eigenvalue weighted by atomic mass is 10.1. The molecular weight excluding hydrogens is 196 g/mol. The Bertz CT molecular complexity index is 296. The van der Waals surface area contributed by atoms with Crippen molar-refractivity contribution in [3.63, 3.8) is 0 Å². The second kappa shape index (κ2) is 5.26. The molecule has 0 aliphatic heterocycles. The molecule has 0 saturated carbocycles. The fourth-order valence-corrected chi connectivity index (χ4v) is 1.43. The van der Waals surface area contributed by atoms with Gasteiger partial charge in [0.25, 0.3) is 0 Å². The molecule has 0 aliphatic carbocycles. The molecule has 1 aromatic rings. The third-order valence-corrected chi connectivity index (χ3v) is 2.54. The van der Waals surface area contributed by atoms with Crippen LogP contribution in [0.25, 0.3) is 0 Å². The first-order chi connectivity index (χ1) is 6.67. The Morgan fingerprint density at radius 1 is 1.36 bits per heavy atom. The van der Waals surface area contributed by atoms with Gasteiger partial charge in [-0.25, -0.2) is 0 Å². The van der Waals surface area contributed by atoms with Crippen molar-refractivity contribution in [3.8, 4) is 5.75 Å². The number of hydrogen-bond acceptors (Lipinski definition) is 1. The van der Waals surface area contributed by atoms with E-state index in [9.17, 15) is 0 Å². The lowest BCUT2D eigenvalue weighted by Gasteiger charge is -2.15. The Labute approximate surface area is 91.0 Å². The van der Waals surface area contributed by atoms with Crippen molar-refractivity contribution in [2.75, 3.05) is 0 Å². The summed E-state index contributed by atoms with van der Waals surface area (Å²) in [7, 11) is 0. The number of ether oxygens (including phenoxy) is 1. The Kier molecular flexibility index (Phi) is 4.27. The maximum absolute atomic E-state index is 5.91. The number of aryl methyl sites for hydroxylation is 1. The molecule has 0 N–H and O–H groups in total. The lowest BCUT2D eigenvalue weighted by molar-refractivity contribution is 0.215. The van der Waals surface area contributed by atoms with E-state index in [1.54, 1.807) is 0 Å². The molecule has 78 valence electrons. The van der Waals surface area contributed by atoms with Gasteiger partial charge >= 0.3 is 0 Å². The average molecular weight is 213 g/mol. The van der Waals surface area contributed by atoms with Gasteiger partial charge in [0.15, 0.2) is 0 Å². The molecule has 14 heavy (non-hydrogen) atoms. The molecule has 0 spiro atoms. The van der Waals surface area contributed by atoms with E-state index < -0.39 is 0 Å². The monoisotopic (exact) mass is 212 g/mol. The predicted octanol–water partition coefficient (Wildman–Crippen LogP) is 4.08. The maximum atomic E-state index is 5.91. The van der Waals surface area contributed by atoms with Crippen molar-refractivity contribution in [1.82, 2.24) is 0 Å². The number of halogens is 1. The van der Waals surface area contributed by atoms with Crippen LogP contribution in [-0.2, 0) is 6.42 Å². The summed E-state index contributed by atoms with van der Waals surface area (Å²) >= 11 is 5.91. The summed E-state index contributed by atoms with van der Waals surface area (Å²) in [4.78, 5) is 0. The van der Waals surface area contributed by atoms with Gasteiger partial charge in [-0.05, 0) is 43.5 Å². The Hall–Kier alpha value is -0.690. The summed E-state index contributed by atoms with van der Waals surface area (Å²) in [6.45, 7) is 6.30. The van der Waals surface area contributed by atoms with E-state index in [4.69, 9.17) is 16.3 Å². The SMILES string of the molecule is CCc1cc(Cl)ccc1OC(C)CC. The van der Waals surface area contributed by atoms with Gasteiger partial charge in [0.05, 0.1) is 6.10 Å². The van der Waals surface area contributed by atoms with Gasteiger partial charge < -0.3 is 4.74 Å². The summed E-state index contributed by atoms with van der Waals surface area (Å²) in [5, 5.41) is 0.776. The molecule has 0 radical (unpaired) electrons. The number of rotatable bonds is 4. The molecule has 1 rings (SSSR count). The zero-order valence-corrected chi connectivity index (χ0v) is 9.77. The summed E-state index contributed by atoms with van der Waals surface area (Å²) in [6.07, 6.45) is 2.24. The maximum Gasteiger partial charge on any atom is 0.122 e. The lowest BCUT2D eigenvalue weighted by Crippen LogP contribution is -2.10. The predicted molar refractivity (Wildman–Crippen MR) is 61.2 cm³/mol. The molecule has 0 fully saturated rings. The van der Waals surface area contributed by atoms with Crippen LogP contribution >= 0.6 is 11.6 Å². The van der Waals surface area contributed by atoms with E-state index in [0.717, 1.165) is 23.6 Å². The highest BCUT2D eigenvalue weighted by Crippen LogP contribution is 2.24. The highest BCUT2D eigenvalue weighted by Gasteiger charge is 2.06. The molecule has 1 nitrogen and oxygen atoms in total. The molecule has 0 heterocycles. The molecule has 1 atom stereocenters. The van der Waals surface area contributed by atoms with E-state index >= 15 is 0 Å². The number of hydrogen-bond donors (Lipinski definition) is 0. The molecule has 2 heteroatoms. The van der Waals surface area contributed by atoms with Crippen molar-refractivity contribution < 1.29 is 4.74 Å². The van der Waals surface area contributed by atoms with E-state index in [-0.39, 0.29) is 6.10 Å². The number of benzene rings is 1. The van der Waals surface area contributed by atoms with Crippen LogP contribution < -0.4 is 4.74 Å². The first-order valence-electron chi connectivity index (χ1n) is 5.12. The van der Waals surface area contributed by atoms with Gasteiger partial charge in [-0.3, -0.25) is 0 Å². The minimum absolute atomic E-state index is 0.265. The zero-order valence-electron chi connectivity index (χ0n) is 9.01. The van der Waals surface area contributed by atoms with Gasteiger partial charge in [0.2, 0.25) is 0 Å². The van der Waals surface area contributed by atoms with Crippen LogP contribution in [0, 0.1) is 0 Å². The van der Waals surface area contributed by atoms with Crippen molar-refractivity contribution in [2.24, 2.45) is 0 Å². The van der Waals surface area contributed by atoms with Gasteiger partial charge in [0, 0.05) is 5.02 Å². The van der Waals surface area contributed by atoms with E-state index in [1.165, 1.54) is 5.56 Å². The fourth-order valence-electron chi connectivity index (χ4n) is 1.24. The Balaban J connectivity index is 2.85. The molecular formula is C12H17ClO. The van der Waals surface area contributed by atoms with Crippen molar-refractivity contribution >= 4 is 11.6 Å². The van der Waals surface area contributed by atoms with Crippen LogP contribution in [0.1, 0.15) is 32.8 Å². The molecule has 0 bridgehead atoms. The Morgan fingerprint density at radius 2 is 2.07 bits per heavy atom. The average Bonchev–Trinajstić information content (AvgIpc) is 2.20. The quantitative estimate of drug-likeness (QED) is 0.731. The summed E-state index contributed by atoms with van der Waals surface area (Å²) in [5.74, 6) is 0.964. The summed E-state index contributed by atoms with van der Waals surface area (Å²) in [6, 6.07) is 5.80. The van der Waals surface area contributed by atoms with Crippen LogP contribution in [0.4, 0.5) is 0 Å². The van der Waals surface area contributed by atoms with Crippen LogP contribution in [-0.4, -0.2) is 6.10 Å². The van der Waals surface area contributed by atoms with E-state index in [0.29, 0.717) is 0 Å². The summed E-state index contributed by atoms with van der Waals surface area (Å²) < 4.78 is 5.78. The van der Waals surface area contributed by atoms with Crippen molar-refractivity contribution in [2.45, 2.75) is 39.7 Å². The molecule has 0 amide bonds. The minimum atomic E-state index is 0.265. The van der Waals surface area contributed by atoms with Gasteiger partial charge in [-0.1, -0.05) is 25.4 Å². The van der Waals surface area contributed by atoms with E-state index in [2.05, 4.69) is 20.8 Å². The molecule has 1 unspecified atom stereocenters. The standard InChI is InChI=1S/C12H17ClO/c1-4-9(3)14-12-7-6-11(13)8-10(12)5-2/h6-9H,4-5H2,1-3H3. The molecule has 1 aromatic carbocycles. The second-order valence-electron chi connectivity index (χ2n) is 3.44. The van der Waals surface area contributed by atoms with Gasteiger partial charge in [0.1, 0.15) is 5.75 Å². The minimum Gasteiger partial charge on any atom is -0.490 e. The van der Waals surface area contributed by atoms with E-state index in [1.807, 2.05) is 18.2 Å². The van der Waals surface area contributed by atoms with Crippen molar-refractivity contribution in [1.29, 1.82) is 0 Å². The summed E-state index contributed by atoms with van der Waals surface area (Å²) in [5.41, 5.74) is 1.18. The Morgan fingerprint density at radius 3 is 2.64 bits per heavy atom.